The fraction of sp³-hybridized carbons (Fsp3) is 0.727. The summed E-state index contributed by atoms with van der Waals surface area (Å²) in [5.74, 6) is 1.89. The summed E-state index contributed by atoms with van der Waals surface area (Å²) in [7, 11) is -3.51. The van der Waals surface area contributed by atoms with E-state index in [2.05, 4.69) is 9.80 Å². The van der Waals surface area contributed by atoms with Gasteiger partial charge in [0.25, 0.3) is 0 Å². The van der Waals surface area contributed by atoms with E-state index in [9.17, 15) is 31.1 Å². The molecule has 0 radical (unpaired) electrons. The number of halogens is 4. The predicted octanol–water partition coefficient (Wildman–Crippen LogP) is 5.29. The van der Waals surface area contributed by atoms with Crippen molar-refractivity contribution in [2.24, 2.45) is 11.8 Å². The molecule has 14 heteroatoms. The summed E-state index contributed by atoms with van der Waals surface area (Å²) in [5, 5.41) is 16.1. The molecule has 3 aliphatic heterocycles. The van der Waals surface area contributed by atoms with Crippen molar-refractivity contribution in [3.05, 3.63) is 35.0 Å². The molecule has 6 rings (SSSR count). The standard InChI is InChI=1S/C33H47F4N5O3S2/c1-47(44,45)41-15-11-30-28(22-41)32(38-42(30)21-27(43)20-40-12-8-23-4-2-3-5-25(23)19-40)24-6-7-29(33(35,36)37)31(18-24)46-17-16-39-13-9-26(34)10-14-39/h6-7,18,23,25-27,43H,2-5,8-17,19-22H2,1H3/t23?,25?,27-/m0/s1. The van der Waals surface area contributed by atoms with Gasteiger partial charge < -0.3 is 14.9 Å². The van der Waals surface area contributed by atoms with E-state index in [0.29, 0.717) is 73.9 Å². The molecule has 1 N–H and O–H groups in total. The van der Waals surface area contributed by atoms with Crippen LogP contribution in [0.1, 0.15) is 61.8 Å². The number of hydrogen-bond donors (Lipinski definition) is 1. The first-order valence-electron chi connectivity index (χ1n) is 17.0. The summed E-state index contributed by atoms with van der Waals surface area (Å²) >= 11 is 1.12. The number of aromatic nitrogens is 2. The number of β-amino-alcohol motifs (C(OH)–C–C–N with tert-alkyl or cyclic N) is 1. The molecule has 2 unspecified atom stereocenters. The first kappa shape index (κ1) is 35.1. The number of alkyl halides is 4. The fourth-order valence-corrected chi connectivity index (χ4v) is 9.87. The molecule has 4 aliphatic rings. The lowest BCUT2D eigenvalue weighted by molar-refractivity contribution is -0.139. The number of aliphatic hydroxyl groups is 1. The number of sulfonamides is 1. The molecule has 1 aliphatic carbocycles. The van der Waals surface area contributed by atoms with Gasteiger partial charge in [-0.1, -0.05) is 25.3 Å². The summed E-state index contributed by atoms with van der Waals surface area (Å²) in [5.41, 5.74) is 1.69. The molecule has 0 bridgehead atoms. The molecule has 1 saturated carbocycles. The smallest absolute Gasteiger partial charge is 0.390 e. The zero-order chi connectivity index (χ0) is 33.3. The highest BCUT2D eigenvalue weighted by Crippen LogP contribution is 2.41. The molecule has 47 heavy (non-hydrogen) atoms. The number of piperidine rings is 2. The number of benzene rings is 1. The molecular formula is C33H47F4N5O3S2. The zero-order valence-corrected chi connectivity index (χ0v) is 28.7. The molecule has 2 aromatic rings. The number of nitrogens with zero attached hydrogens (tertiary/aromatic N) is 5. The Balaban J connectivity index is 1.23. The van der Waals surface area contributed by atoms with Crippen LogP contribution in [-0.4, -0.2) is 108 Å². The Kier molecular flexibility index (Phi) is 10.9. The molecule has 1 aromatic heterocycles. The fourth-order valence-electron chi connectivity index (χ4n) is 7.96. The predicted molar refractivity (Wildman–Crippen MR) is 175 cm³/mol. The molecule has 0 spiro atoms. The number of hydrogen-bond acceptors (Lipinski definition) is 7. The number of thioether (sulfide) groups is 1. The normalized spacial score (nSPS) is 24.6. The summed E-state index contributed by atoms with van der Waals surface area (Å²) < 4.78 is 84.0. The molecule has 2 saturated heterocycles. The van der Waals surface area contributed by atoms with Gasteiger partial charge in [-0.25, -0.2) is 12.8 Å². The molecule has 8 nitrogen and oxygen atoms in total. The number of rotatable bonds is 10. The molecule has 4 heterocycles. The van der Waals surface area contributed by atoms with Gasteiger partial charge in [-0.15, -0.1) is 11.8 Å². The molecule has 3 fully saturated rings. The van der Waals surface area contributed by atoms with Crippen molar-refractivity contribution in [1.29, 1.82) is 0 Å². The van der Waals surface area contributed by atoms with E-state index in [1.54, 1.807) is 4.68 Å². The van der Waals surface area contributed by atoms with E-state index in [1.807, 2.05) is 0 Å². The van der Waals surface area contributed by atoms with Crippen molar-refractivity contribution in [2.45, 2.75) is 87.8 Å². The first-order valence-corrected chi connectivity index (χ1v) is 19.8. The average molecular weight is 702 g/mol. The van der Waals surface area contributed by atoms with Crippen molar-refractivity contribution < 1.29 is 31.1 Å². The highest BCUT2D eigenvalue weighted by atomic mass is 32.2. The largest absolute Gasteiger partial charge is 0.417 e. The van der Waals surface area contributed by atoms with Crippen LogP contribution in [0.4, 0.5) is 17.6 Å². The van der Waals surface area contributed by atoms with Gasteiger partial charge >= 0.3 is 6.18 Å². The minimum atomic E-state index is -4.55. The SMILES string of the molecule is CS(=O)(=O)N1CCc2c(c(-c3ccc(C(F)(F)F)c(SCCN4CCC(F)CC4)c3)nn2C[C@@H](O)CN2CCC3CCCCC3C2)C1. The van der Waals surface area contributed by atoms with Crippen LogP contribution in [0.2, 0.25) is 0 Å². The van der Waals surface area contributed by atoms with Gasteiger partial charge in [0.2, 0.25) is 10.0 Å². The van der Waals surface area contributed by atoms with Gasteiger partial charge in [-0.2, -0.15) is 22.6 Å². The maximum atomic E-state index is 14.1. The van der Waals surface area contributed by atoms with E-state index in [1.165, 1.54) is 42.1 Å². The van der Waals surface area contributed by atoms with Crippen molar-refractivity contribution >= 4 is 21.8 Å². The zero-order valence-electron chi connectivity index (χ0n) is 27.1. The molecule has 1 aromatic carbocycles. The molecular weight excluding hydrogens is 655 g/mol. The van der Waals surface area contributed by atoms with Gasteiger partial charge in [-0.05, 0) is 56.2 Å². The van der Waals surface area contributed by atoms with Crippen LogP contribution >= 0.6 is 11.8 Å². The van der Waals surface area contributed by atoms with Crippen LogP contribution in [-0.2, 0) is 35.7 Å². The van der Waals surface area contributed by atoms with Crippen LogP contribution in [0.5, 0.6) is 0 Å². The van der Waals surface area contributed by atoms with Crippen molar-refractivity contribution in [1.82, 2.24) is 23.9 Å². The monoisotopic (exact) mass is 701 g/mol. The summed E-state index contributed by atoms with van der Waals surface area (Å²) in [6, 6.07) is 4.01. The molecule has 0 amide bonds. The molecule has 3 atom stereocenters. The van der Waals surface area contributed by atoms with E-state index in [-0.39, 0.29) is 24.5 Å². The second-order valence-electron chi connectivity index (χ2n) is 13.9. The second kappa shape index (κ2) is 14.6. The summed E-state index contributed by atoms with van der Waals surface area (Å²) in [6.45, 7) is 4.80. The third-order valence-corrected chi connectivity index (χ3v) is 12.8. The Bertz CT molecular complexity index is 1500. The summed E-state index contributed by atoms with van der Waals surface area (Å²) in [4.78, 5) is 4.51. The number of likely N-dealkylation sites (tertiary alicyclic amines) is 2. The Morgan fingerprint density at radius 1 is 1.00 bits per heavy atom. The Hall–Kier alpha value is -1.71. The third kappa shape index (κ3) is 8.54. The van der Waals surface area contributed by atoms with E-state index in [0.717, 1.165) is 55.2 Å². The van der Waals surface area contributed by atoms with Gasteiger partial charge in [0.05, 0.1) is 30.2 Å². The van der Waals surface area contributed by atoms with Gasteiger partial charge in [-0.3, -0.25) is 4.68 Å². The maximum absolute atomic E-state index is 14.1. The highest BCUT2D eigenvalue weighted by molar-refractivity contribution is 7.99. The third-order valence-electron chi connectivity index (χ3n) is 10.5. The maximum Gasteiger partial charge on any atom is 0.417 e. The van der Waals surface area contributed by atoms with Crippen LogP contribution in [0.25, 0.3) is 11.3 Å². The number of fused-ring (bicyclic) bond motifs is 2. The van der Waals surface area contributed by atoms with Crippen molar-refractivity contribution in [3.8, 4) is 11.3 Å². The van der Waals surface area contributed by atoms with Crippen LogP contribution < -0.4 is 0 Å². The van der Waals surface area contributed by atoms with Crippen LogP contribution in [0, 0.1) is 11.8 Å². The van der Waals surface area contributed by atoms with Crippen molar-refractivity contribution in [3.63, 3.8) is 0 Å². The Labute approximate surface area is 279 Å². The van der Waals surface area contributed by atoms with E-state index >= 15 is 0 Å². The lowest BCUT2D eigenvalue weighted by Crippen LogP contribution is -2.45. The number of aliphatic hydroxyl groups excluding tert-OH is 1. The van der Waals surface area contributed by atoms with Gasteiger partial charge in [0.15, 0.2) is 0 Å². The topological polar surface area (TPSA) is 81.9 Å². The molecule has 262 valence electrons. The van der Waals surface area contributed by atoms with Gasteiger partial charge in [0, 0.05) is 79.7 Å². The lowest BCUT2D eigenvalue weighted by atomic mass is 9.75. The summed E-state index contributed by atoms with van der Waals surface area (Å²) in [6.07, 6.45) is 2.68. The Morgan fingerprint density at radius 3 is 2.45 bits per heavy atom. The lowest BCUT2D eigenvalue weighted by Gasteiger charge is -2.41. The van der Waals surface area contributed by atoms with E-state index < -0.39 is 34.0 Å². The highest BCUT2D eigenvalue weighted by Gasteiger charge is 2.36. The van der Waals surface area contributed by atoms with Gasteiger partial charge in [0.1, 0.15) is 6.17 Å². The minimum Gasteiger partial charge on any atom is -0.390 e. The van der Waals surface area contributed by atoms with Crippen LogP contribution in [0.3, 0.4) is 0 Å². The van der Waals surface area contributed by atoms with Crippen LogP contribution in [0.15, 0.2) is 23.1 Å². The quantitative estimate of drug-likeness (QED) is 0.267. The minimum absolute atomic E-state index is 0.0722. The van der Waals surface area contributed by atoms with Crippen molar-refractivity contribution in [2.75, 3.05) is 57.8 Å². The second-order valence-corrected chi connectivity index (χ2v) is 17.0. The van der Waals surface area contributed by atoms with E-state index in [4.69, 9.17) is 5.10 Å². The average Bonchev–Trinajstić information content (AvgIpc) is 3.38. The first-order chi connectivity index (χ1) is 22.3. The Morgan fingerprint density at radius 2 is 1.72 bits per heavy atom.